The number of aliphatic hydroxyl groups is 1. The summed E-state index contributed by atoms with van der Waals surface area (Å²) in [6.45, 7) is 11.1. The smallest absolute Gasteiger partial charge is 0.0859 e. The van der Waals surface area contributed by atoms with E-state index in [0.29, 0.717) is 11.5 Å². The van der Waals surface area contributed by atoms with Crippen molar-refractivity contribution in [1.29, 1.82) is 0 Å². The van der Waals surface area contributed by atoms with Gasteiger partial charge in [-0.2, -0.15) is 0 Å². The minimum atomic E-state index is -1.56. The molecule has 0 radical (unpaired) electrons. The Hall–Kier alpha value is -0.603. The fourth-order valence-electron chi connectivity index (χ4n) is 2.13. The summed E-state index contributed by atoms with van der Waals surface area (Å²) >= 11 is 0. The molecular formula is C14H24OSi. The minimum Gasteiger partial charge on any atom is -0.393 e. The molecule has 0 heterocycles. The Morgan fingerprint density at radius 3 is 1.94 bits per heavy atom. The number of hydrogen-bond acceptors (Lipinski definition) is 1. The first-order valence-electron chi connectivity index (χ1n) is 6.11. The van der Waals surface area contributed by atoms with Crippen LogP contribution in [-0.4, -0.2) is 19.3 Å². The molecule has 1 aromatic carbocycles. The molecule has 0 aliphatic rings. The molecule has 0 saturated heterocycles. The fourth-order valence-corrected chi connectivity index (χ4v) is 4.95. The average molecular weight is 236 g/mol. The summed E-state index contributed by atoms with van der Waals surface area (Å²) in [4.78, 5) is 0. The Morgan fingerprint density at radius 1 is 1.00 bits per heavy atom. The average Bonchev–Trinajstić information content (AvgIpc) is 2.28. The van der Waals surface area contributed by atoms with Gasteiger partial charge in [0.15, 0.2) is 0 Å². The Labute approximate surface area is 101 Å². The number of rotatable bonds is 4. The first-order valence-corrected chi connectivity index (χ1v) is 9.18. The van der Waals surface area contributed by atoms with Crippen LogP contribution < -0.4 is 5.19 Å². The van der Waals surface area contributed by atoms with Crippen LogP contribution in [0.2, 0.25) is 18.6 Å². The molecule has 1 rings (SSSR count). The van der Waals surface area contributed by atoms with E-state index in [1.807, 2.05) is 0 Å². The van der Waals surface area contributed by atoms with Crippen molar-refractivity contribution in [3.8, 4) is 0 Å². The highest BCUT2D eigenvalue weighted by Gasteiger charge is 2.35. The van der Waals surface area contributed by atoms with E-state index >= 15 is 0 Å². The maximum Gasteiger partial charge on any atom is 0.0859 e. The predicted molar refractivity (Wildman–Crippen MR) is 73.8 cm³/mol. The summed E-state index contributed by atoms with van der Waals surface area (Å²) in [5, 5.41) is 11.7. The fraction of sp³-hybridized carbons (Fsp3) is 0.571. The Kier molecular flexibility index (Phi) is 4.33. The van der Waals surface area contributed by atoms with E-state index in [4.69, 9.17) is 0 Å². The van der Waals surface area contributed by atoms with Crippen molar-refractivity contribution in [3.63, 3.8) is 0 Å². The Bertz CT molecular complexity index is 319. The molecule has 0 spiro atoms. The summed E-state index contributed by atoms with van der Waals surface area (Å²) in [6.07, 6.45) is -0.193. The lowest BCUT2D eigenvalue weighted by Crippen LogP contribution is -2.49. The van der Waals surface area contributed by atoms with Gasteiger partial charge in [-0.1, -0.05) is 69.4 Å². The van der Waals surface area contributed by atoms with Gasteiger partial charge >= 0.3 is 0 Å². The van der Waals surface area contributed by atoms with E-state index in [9.17, 15) is 5.11 Å². The SMILES string of the molecule is CC(C)C(O)C(C)[Si](C)(C)c1ccccc1. The van der Waals surface area contributed by atoms with Crippen LogP contribution in [0.3, 0.4) is 0 Å². The lowest BCUT2D eigenvalue weighted by atomic mass is 10.1. The molecule has 1 nitrogen and oxygen atoms in total. The second kappa shape index (κ2) is 5.15. The highest BCUT2D eigenvalue weighted by atomic mass is 28.3. The topological polar surface area (TPSA) is 20.2 Å². The number of aliphatic hydroxyl groups excluding tert-OH is 1. The minimum absolute atomic E-state index is 0.193. The zero-order valence-corrected chi connectivity index (χ0v) is 12.1. The summed E-state index contributed by atoms with van der Waals surface area (Å²) in [6, 6.07) is 10.7. The summed E-state index contributed by atoms with van der Waals surface area (Å²) in [5.41, 5.74) is 0.384. The first-order chi connectivity index (χ1) is 7.37. The van der Waals surface area contributed by atoms with E-state index in [-0.39, 0.29) is 6.10 Å². The van der Waals surface area contributed by atoms with Gasteiger partial charge < -0.3 is 5.11 Å². The molecule has 0 aromatic heterocycles. The summed E-state index contributed by atoms with van der Waals surface area (Å²) in [5.74, 6) is 0.338. The van der Waals surface area contributed by atoms with Crippen LogP contribution in [0.5, 0.6) is 0 Å². The standard InChI is InChI=1S/C14H24OSi/c1-11(2)14(15)12(3)16(4,5)13-9-7-6-8-10-13/h6-12,14-15H,1-5H3. The van der Waals surface area contributed by atoms with Gasteiger partial charge in [0.05, 0.1) is 14.2 Å². The van der Waals surface area contributed by atoms with Gasteiger partial charge in [0.25, 0.3) is 0 Å². The van der Waals surface area contributed by atoms with Gasteiger partial charge in [0.2, 0.25) is 0 Å². The monoisotopic (exact) mass is 236 g/mol. The molecule has 2 unspecified atom stereocenters. The molecule has 2 heteroatoms. The molecular weight excluding hydrogens is 212 g/mol. The van der Waals surface area contributed by atoms with Gasteiger partial charge in [-0.05, 0) is 11.5 Å². The van der Waals surface area contributed by atoms with E-state index in [1.165, 1.54) is 5.19 Å². The lowest BCUT2D eigenvalue weighted by Gasteiger charge is -2.35. The second-order valence-corrected chi connectivity index (χ2v) is 10.5. The van der Waals surface area contributed by atoms with Crippen molar-refractivity contribution in [1.82, 2.24) is 0 Å². The maximum absolute atomic E-state index is 10.2. The number of benzene rings is 1. The molecule has 0 fully saturated rings. The van der Waals surface area contributed by atoms with Crippen molar-refractivity contribution in [2.75, 3.05) is 0 Å². The van der Waals surface area contributed by atoms with Crippen LogP contribution in [0.25, 0.3) is 0 Å². The normalized spacial score (nSPS) is 16.2. The molecule has 0 bridgehead atoms. The molecule has 0 aliphatic carbocycles. The van der Waals surface area contributed by atoms with Crippen molar-refractivity contribution in [3.05, 3.63) is 30.3 Å². The van der Waals surface area contributed by atoms with E-state index < -0.39 is 8.07 Å². The Balaban J connectivity index is 2.93. The van der Waals surface area contributed by atoms with E-state index in [0.717, 1.165) is 0 Å². The van der Waals surface area contributed by atoms with Crippen LogP contribution in [0, 0.1) is 5.92 Å². The highest BCUT2D eigenvalue weighted by molar-refractivity contribution is 6.91. The second-order valence-electron chi connectivity index (χ2n) is 5.61. The maximum atomic E-state index is 10.2. The van der Waals surface area contributed by atoms with Crippen molar-refractivity contribution < 1.29 is 5.11 Å². The molecule has 90 valence electrons. The van der Waals surface area contributed by atoms with Crippen molar-refractivity contribution >= 4 is 13.3 Å². The van der Waals surface area contributed by atoms with E-state index in [2.05, 4.69) is 64.2 Å². The van der Waals surface area contributed by atoms with E-state index in [1.54, 1.807) is 0 Å². The van der Waals surface area contributed by atoms with Crippen LogP contribution in [0.4, 0.5) is 0 Å². The third-order valence-corrected chi connectivity index (χ3v) is 8.29. The third kappa shape index (κ3) is 2.74. The van der Waals surface area contributed by atoms with Gasteiger partial charge in [-0.15, -0.1) is 0 Å². The lowest BCUT2D eigenvalue weighted by molar-refractivity contribution is 0.119. The zero-order valence-electron chi connectivity index (χ0n) is 11.1. The predicted octanol–water partition coefficient (Wildman–Crippen LogP) is 3.01. The molecule has 16 heavy (non-hydrogen) atoms. The zero-order chi connectivity index (χ0) is 12.3. The van der Waals surface area contributed by atoms with Crippen LogP contribution in [0.1, 0.15) is 20.8 Å². The van der Waals surface area contributed by atoms with Crippen LogP contribution >= 0.6 is 0 Å². The molecule has 1 N–H and O–H groups in total. The Morgan fingerprint density at radius 2 is 1.50 bits per heavy atom. The first kappa shape index (κ1) is 13.5. The number of hydrogen-bond donors (Lipinski definition) is 1. The highest BCUT2D eigenvalue weighted by Crippen LogP contribution is 2.28. The summed E-state index contributed by atoms with van der Waals surface area (Å²) < 4.78 is 0. The molecule has 2 atom stereocenters. The van der Waals surface area contributed by atoms with Gasteiger partial charge in [-0.25, -0.2) is 0 Å². The van der Waals surface area contributed by atoms with Crippen molar-refractivity contribution in [2.24, 2.45) is 5.92 Å². The van der Waals surface area contributed by atoms with Crippen LogP contribution in [-0.2, 0) is 0 Å². The molecule has 1 aromatic rings. The van der Waals surface area contributed by atoms with Crippen molar-refractivity contribution in [2.45, 2.75) is 45.5 Å². The van der Waals surface area contributed by atoms with Gasteiger partial charge in [0.1, 0.15) is 0 Å². The molecule has 0 aliphatic heterocycles. The summed E-state index contributed by atoms with van der Waals surface area (Å²) in [7, 11) is -1.56. The largest absolute Gasteiger partial charge is 0.393 e. The molecule has 0 amide bonds. The molecule has 0 saturated carbocycles. The van der Waals surface area contributed by atoms with Crippen LogP contribution in [0.15, 0.2) is 30.3 Å². The third-order valence-electron chi connectivity index (χ3n) is 3.85. The quantitative estimate of drug-likeness (QED) is 0.797. The van der Waals surface area contributed by atoms with Gasteiger partial charge in [-0.3, -0.25) is 0 Å². The van der Waals surface area contributed by atoms with Gasteiger partial charge in [0, 0.05) is 0 Å².